The average molecular weight is 370 g/mol. The van der Waals surface area contributed by atoms with Crippen LogP contribution in [0.25, 0.3) is 11.3 Å². The van der Waals surface area contributed by atoms with E-state index < -0.39 is 0 Å². The number of amides is 1. The Bertz CT molecular complexity index is 898. The van der Waals surface area contributed by atoms with Gasteiger partial charge in [-0.2, -0.15) is 5.10 Å². The van der Waals surface area contributed by atoms with Crippen LogP contribution in [0.2, 0.25) is 5.02 Å². The Kier molecular flexibility index (Phi) is 6.69. The van der Waals surface area contributed by atoms with E-state index in [0.717, 1.165) is 15.8 Å². The fourth-order valence-electron chi connectivity index (χ4n) is 2.24. The summed E-state index contributed by atoms with van der Waals surface area (Å²) in [6.45, 7) is 7.68. The molecular weight excluding hydrogens is 350 g/mol. The van der Waals surface area contributed by atoms with E-state index in [2.05, 4.69) is 18.3 Å². The highest BCUT2D eigenvalue weighted by Gasteiger charge is 2.12. The lowest BCUT2D eigenvalue weighted by Crippen LogP contribution is -2.35. The van der Waals surface area contributed by atoms with Gasteiger partial charge in [0.05, 0.1) is 5.69 Å². The number of hydrogen-bond donors (Lipinski definition) is 0. The van der Waals surface area contributed by atoms with Crippen LogP contribution in [0.15, 0.2) is 78.2 Å². The summed E-state index contributed by atoms with van der Waals surface area (Å²) in [5, 5.41) is 4.90. The van der Waals surface area contributed by atoms with E-state index >= 15 is 0 Å². The van der Waals surface area contributed by atoms with Crippen LogP contribution in [-0.2, 0) is 11.3 Å². The van der Waals surface area contributed by atoms with E-state index in [1.165, 1.54) is 11.0 Å². The molecule has 5 nitrogen and oxygen atoms in total. The second kappa shape index (κ2) is 8.97. The summed E-state index contributed by atoms with van der Waals surface area (Å²) in [5.41, 5.74) is 1.83. The first-order valence-electron chi connectivity index (χ1n) is 7.95. The van der Waals surface area contributed by atoms with Crippen molar-refractivity contribution in [2.75, 3.05) is 13.6 Å². The Morgan fingerprint density at radius 1 is 1.27 bits per heavy atom. The van der Waals surface area contributed by atoms with Crippen LogP contribution in [-0.4, -0.2) is 34.2 Å². The van der Waals surface area contributed by atoms with E-state index in [1.54, 1.807) is 43.5 Å². The van der Waals surface area contributed by atoms with Crippen LogP contribution in [0.3, 0.4) is 0 Å². The van der Waals surface area contributed by atoms with E-state index in [4.69, 9.17) is 11.6 Å². The molecule has 26 heavy (non-hydrogen) atoms. The molecule has 1 amide bonds. The summed E-state index contributed by atoms with van der Waals surface area (Å²) in [6, 6.07) is 10.1. The molecule has 0 spiro atoms. The van der Waals surface area contributed by atoms with Crippen molar-refractivity contribution < 1.29 is 4.79 Å². The molecule has 0 aliphatic heterocycles. The SMILES string of the molecule is C=C/C=C\C(=C)CN(C)C(=O)Cn1nc(-c2ccc(Cl)cc2)ccc1=O. The van der Waals surface area contributed by atoms with Crippen molar-refractivity contribution in [1.82, 2.24) is 14.7 Å². The zero-order valence-corrected chi connectivity index (χ0v) is 15.3. The number of hydrogen-bond acceptors (Lipinski definition) is 3. The van der Waals surface area contributed by atoms with Gasteiger partial charge in [-0.1, -0.05) is 55.1 Å². The van der Waals surface area contributed by atoms with E-state index in [9.17, 15) is 9.59 Å². The van der Waals surface area contributed by atoms with Crippen molar-refractivity contribution in [2.24, 2.45) is 0 Å². The van der Waals surface area contributed by atoms with Crippen molar-refractivity contribution in [3.63, 3.8) is 0 Å². The normalized spacial score (nSPS) is 10.7. The first kappa shape index (κ1) is 19.4. The molecule has 0 aliphatic rings. The molecule has 2 rings (SSSR count). The average Bonchev–Trinajstić information content (AvgIpc) is 2.62. The summed E-state index contributed by atoms with van der Waals surface area (Å²) in [5.74, 6) is -0.235. The minimum Gasteiger partial charge on any atom is -0.340 e. The van der Waals surface area contributed by atoms with E-state index in [-0.39, 0.29) is 18.0 Å². The third kappa shape index (κ3) is 5.29. The Hall–Kier alpha value is -2.92. The number of nitrogens with zero attached hydrogens (tertiary/aromatic N) is 3. The number of aromatic nitrogens is 2. The Morgan fingerprint density at radius 2 is 1.96 bits per heavy atom. The van der Waals surface area contributed by atoms with Crippen molar-refractivity contribution in [3.8, 4) is 11.3 Å². The number of likely N-dealkylation sites (N-methyl/N-ethyl adjacent to an activating group) is 1. The summed E-state index contributed by atoms with van der Waals surface area (Å²) in [6.07, 6.45) is 5.17. The summed E-state index contributed by atoms with van der Waals surface area (Å²) in [7, 11) is 1.66. The maximum absolute atomic E-state index is 12.4. The fraction of sp³-hybridized carbons (Fsp3) is 0.150. The van der Waals surface area contributed by atoms with Crippen LogP contribution in [0.1, 0.15) is 0 Å². The second-order valence-electron chi connectivity index (χ2n) is 5.72. The molecule has 6 heteroatoms. The Balaban J connectivity index is 2.14. The van der Waals surface area contributed by atoms with Crippen LogP contribution in [0, 0.1) is 0 Å². The summed E-state index contributed by atoms with van der Waals surface area (Å²) in [4.78, 5) is 25.9. The molecule has 2 aromatic rings. The zero-order chi connectivity index (χ0) is 19.1. The molecule has 1 aromatic carbocycles. The van der Waals surface area contributed by atoms with Gasteiger partial charge in [-0.3, -0.25) is 9.59 Å². The number of carbonyl (C=O) groups is 1. The highest BCUT2D eigenvalue weighted by molar-refractivity contribution is 6.30. The first-order chi connectivity index (χ1) is 12.4. The third-order valence-corrected chi connectivity index (χ3v) is 3.88. The molecule has 134 valence electrons. The highest BCUT2D eigenvalue weighted by atomic mass is 35.5. The lowest BCUT2D eigenvalue weighted by Gasteiger charge is -2.17. The number of rotatable bonds is 7. The Labute approximate surface area is 157 Å². The van der Waals surface area contributed by atoms with Crippen molar-refractivity contribution in [2.45, 2.75) is 6.54 Å². The standard InChI is InChI=1S/C20H20ClN3O2/c1-4-5-6-15(2)13-23(3)20(26)14-24-19(25)12-11-18(22-24)16-7-9-17(21)10-8-16/h4-12H,1-2,13-14H2,3H3/b6-5-. The van der Waals surface area contributed by atoms with Gasteiger partial charge in [0.2, 0.25) is 5.91 Å². The van der Waals surface area contributed by atoms with Gasteiger partial charge in [-0.05, 0) is 23.8 Å². The lowest BCUT2D eigenvalue weighted by molar-refractivity contribution is -0.130. The molecule has 0 saturated heterocycles. The molecule has 0 aliphatic carbocycles. The maximum Gasteiger partial charge on any atom is 0.267 e. The van der Waals surface area contributed by atoms with Crippen molar-refractivity contribution >= 4 is 17.5 Å². The minimum absolute atomic E-state index is 0.144. The molecule has 0 unspecified atom stereocenters. The van der Waals surface area contributed by atoms with Crippen LogP contribution >= 0.6 is 11.6 Å². The Morgan fingerprint density at radius 3 is 2.62 bits per heavy atom. The van der Waals surface area contributed by atoms with Gasteiger partial charge in [0.25, 0.3) is 5.56 Å². The second-order valence-corrected chi connectivity index (χ2v) is 6.16. The molecular formula is C20H20ClN3O2. The van der Waals surface area contributed by atoms with Gasteiger partial charge < -0.3 is 4.90 Å². The van der Waals surface area contributed by atoms with Crippen molar-refractivity contribution in [3.05, 3.63) is 88.7 Å². The smallest absolute Gasteiger partial charge is 0.267 e. The first-order valence-corrected chi connectivity index (χ1v) is 8.33. The molecule has 0 atom stereocenters. The predicted octanol–water partition coefficient (Wildman–Crippen LogP) is 3.32. The van der Waals surface area contributed by atoms with E-state index in [0.29, 0.717) is 17.3 Å². The molecule has 1 aromatic heterocycles. The van der Waals surface area contributed by atoms with Crippen LogP contribution < -0.4 is 5.56 Å². The number of carbonyl (C=O) groups excluding carboxylic acids is 1. The lowest BCUT2D eigenvalue weighted by atomic mass is 10.1. The monoisotopic (exact) mass is 369 g/mol. The van der Waals surface area contributed by atoms with Crippen LogP contribution in [0.5, 0.6) is 0 Å². The molecule has 0 fully saturated rings. The van der Waals surface area contributed by atoms with Gasteiger partial charge in [-0.25, -0.2) is 4.68 Å². The molecule has 0 bridgehead atoms. The van der Waals surface area contributed by atoms with E-state index in [1.807, 2.05) is 12.1 Å². The fourth-order valence-corrected chi connectivity index (χ4v) is 2.36. The highest BCUT2D eigenvalue weighted by Crippen LogP contribution is 2.18. The van der Waals surface area contributed by atoms with Crippen LogP contribution in [0.4, 0.5) is 0 Å². The minimum atomic E-state index is -0.338. The van der Waals surface area contributed by atoms with Gasteiger partial charge in [0.15, 0.2) is 0 Å². The molecule has 0 saturated carbocycles. The molecule has 1 heterocycles. The van der Waals surface area contributed by atoms with Crippen molar-refractivity contribution in [1.29, 1.82) is 0 Å². The maximum atomic E-state index is 12.4. The zero-order valence-electron chi connectivity index (χ0n) is 14.6. The number of halogens is 1. The predicted molar refractivity (Wildman–Crippen MR) is 105 cm³/mol. The van der Waals surface area contributed by atoms with Gasteiger partial charge in [-0.15, -0.1) is 0 Å². The number of allylic oxidation sites excluding steroid dienone is 2. The summed E-state index contributed by atoms with van der Waals surface area (Å²) < 4.78 is 1.16. The molecule has 0 radical (unpaired) electrons. The topological polar surface area (TPSA) is 55.2 Å². The summed E-state index contributed by atoms with van der Waals surface area (Å²) >= 11 is 5.89. The third-order valence-electron chi connectivity index (χ3n) is 3.63. The van der Waals surface area contributed by atoms with Gasteiger partial charge in [0.1, 0.15) is 6.54 Å². The largest absolute Gasteiger partial charge is 0.340 e. The molecule has 0 N–H and O–H groups in total. The number of benzene rings is 1. The van der Waals surface area contributed by atoms with Gasteiger partial charge in [0, 0.05) is 30.2 Å². The van der Waals surface area contributed by atoms with Gasteiger partial charge >= 0.3 is 0 Å². The quantitative estimate of drug-likeness (QED) is 0.703.